The predicted octanol–water partition coefficient (Wildman–Crippen LogP) is 1.68. The van der Waals surface area contributed by atoms with Crippen molar-refractivity contribution in [3.8, 4) is 0 Å². The van der Waals surface area contributed by atoms with Crippen molar-refractivity contribution in [2.75, 3.05) is 5.32 Å². The molecular formula is C11H16FN3O. The summed E-state index contributed by atoms with van der Waals surface area (Å²) in [7, 11) is 0. The molecule has 0 saturated carbocycles. The molecule has 5 heteroatoms. The quantitative estimate of drug-likeness (QED) is 0.766. The van der Waals surface area contributed by atoms with E-state index in [2.05, 4.69) is 10.3 Å². The fourth-order valence-corrected chi connectivity index (χ4v) is 1.11. The molecule has 0 atom stereocenters. The fraction of sp³-hybridized carbons (Fsp3) is 0.455. The van der Waals surface area contributed by atoms with Crippen LogP contribution in [0.3, 0.4) is 0 Å². The van der Waals surface area contributed by atoms with E-state index in [1.807, 2.05) is 13.8 Å². The lowest BCUT2D eigenvalue weighted by Crippen LogP contribution is -2.33. The molecule has 0 unspecified atom stereocenters. The lowest BCUT2D eigenvalue weighted by atomic mass is 10.00. The van der Waals surface area contributed by atoms with Crippen molar-refractivity contribution in [1.82, 2.24) is 4.98 Å². The van der Waals surface area contributed by atoms with E-state index in [1.165, 1.54) is 18.3 Å². The Bertz CT molecular complexity index is 356. The standard InChI is InChI=1S/C11H16FN3O/c1-11(2,13)6-5-10(16)15-8-3-4-9(12)14-7-8/h3-4,7H,5-6,13H2,1-2H3,(H,15,16). The van der Waals surface area contributed by atoms with Gasteiger partial charge in [0.1, 0.15) is 0 Å². The smallest absolute Gasteiger partial charge is 0.224 e. The van der Waals surface area contributed by atoms with Crippen molar-refractivity contribution >= 4 is 11.6 Å². The predicted molar refractivity (Wildman–Crippen MR) is 60.3 cm³/mol. The largest absolute Gasteiger partial charge is 0.326 e. The van der Waals surface area contributed by atoms with Gasteiger partial charge in [-0.25, -0.2) is 4.98 Å². The molecule has 1 aromatic rings. The zero-order valence-corrected chi connectivity index (χ0v) is 9.46. The van der Waals surface area contributed by atoms with Crippen LogP contribution >= 0.6 is 0 Å². The SMILES string of the molecule is CC(C)(N)CCC(=O)Nc1ccc(F)nc1. The number of nitrogens with zero attached hydrogens (tertiary/aromatic N) is 1. The summed E-state index contributed by atoms with van der Waals surface area (Å²) in [6.07, 6.45) is 2.20. The fourth-order valence-electron chi connectivity index (χ4n) is 1.11. The van der Waals surface area contributed by atoms with Crippen molar-refractivity contribution in [3.05, 3.63) is 24.3 Å². The Kier molecular flexibility index (Phi) is 3.95. The van der Waals surface area contributed by atoms with Crippen molar-refractivity contribution in [1.29, 1.82) is 0 Å². The Labute approximate surface area is 94.1 Å². The Morgan fingerprint density at radius 1 is 1.56 bits per heavy atom. The first kappa shape index (κ1) is 12.6. The third-order valence-corrected chi connectivity index (χ3v) is 2.01. The molecule has 1 amide bonds. The number of amides is 1. The van der Waals surface area contributed by atoms with Gasteiger partial charge in [-0.05, 0) is 32.4 Å². The number of carbonyl (C=O) groups excluding carboxylic acids is 1. The Balaban J connectivity index is 2.43. The number of nitrogens with one attached hydrogen (secondary N) is 1. The number of rotatable bonds is 4. The molecule has 3 N–H and O–H groups in total. The summed E-state index contributed by atoms with van der Waals surface area (Å²) in [5.74, 6) is -0.715. The van der Waals surface area contributed by atoms with Crippen LogP contribution in [-0.2, 0) is 4.79 Å². The van der Waals surface area contributed by atoms with Gasteiger partial charge in [0.15, 0.2) is 0 Å². The van der Waals surface area contributed by atoms with Crippen LogP contribution in [0.25, 0.3) is 0 Å². The van der Waals surface area contributed by atoms with Gasteiger partial charge in [-0.2, -0.15) is 4.39 Å². The highest BCUT2D eigenvalue weighted by atomic mass is 19.1. The van der Waals surface area contributed by atoms with Crippen LogP contribution in [0.5, 0.6) is 0 Å². The highest BCUT2D eigenvalue weighted by molar-refractivity contribution is 5.90. The number of hydrogen-bond acceptors (Lipinski definition) is 3. The van der Waals surface area contributed by atoms with Crippen molar-refractivity contribution in [2.24, 2.45) is 5.73 Å². The van der Waals surface area contributed by atoms with Crippen LogP contribution in [0.1, 0.15) is 26.7 Å². The minimum Gasteiger partial charge on any atom is -0.326 e. The van der Waals surface area contributed by atoms with Gasteiger partial charge >= 0.3 is 0 Å². The zero-order chi connectivity index (χ0) is 12.2. The van der Waals surface area contributed by atoms with E-state index in [0.29, 0.717) is 18.5 Å². The monoisotopic (exact) mass is 225 g/mol. The molecule has 0 aliphatic heterocycles. The third-order valence-electron chi connectivity index (χ3n) is 2.01. The van der Waals surface area contributed by atoms with E-state index < -0.39 is 5.95 Å². The van der Waals surface area contributed by atoms with Crippen LogP contribution in [0.2, 0.25) is 0 Å². The van der Waals surface area contributed by atoms with Gasteiger partial charge in [0, 0.05) is 12.0 Å². The first-order valence-electron chi connectivity index (χ1n) is 5.07. The second-order valence-corrected chi connectivity index (χ2v) is 4.41. The van der Waals surface area contributed by atoms with Gasteiger partial charge in [-0.3, -0.25) is 4.79 Å². The number of carbonyl (C=O) groups is 1. The number of pyridine rings is 1. The maximum Gasteiger partial charge on any atom is 0.224 e. The summed E-state index contributed by atoms with van der Waals surface area (Å²) in [5, 5.41) is 2.62. The summed E-state index contributed by atoms with van der Waals surface area (Å²) >= 11 is 0. The van der Waals surface area contributed by atoms with Crippen LogP contribution < -0.4 is 11.1 Å². The molecule has 0 bridgehead atoms. The number of hydrogen-bond donors (Lipinski definition) is 2. The van der Waals surface area contributed by atoms with Crippen molar-refractivity contribution in [2.45, 2.75) is 32.2 Å². The molecule has 0 aromatic carbocycles. The van der Waals surface area contributed by atoms with E-state index in [9.17, 15) is 9.18 Å². The Hall–Kier alpha value is -1.49. The number of anilines is 1. The van der Waals surface area contributed by atoms with Gasteiger partial charge < -0.3 is 11.1 Å². The summed E-state index contributed by atoms with van der Waals surface area (Å²) in [6.45, 7) is 3.72. The summed E-state index contributed by atoms with van der Waals surface area (Å²) in [5.41, 5.74) is 5.88. The molecule has 0 saturated heterocycles. The zero-order valence-electron chi connectivity index (χ0n) is 9.46. The maximum atomic E-state index is 12.5. The van der Waals surface area contributed by atoms with Crippen LogP contribution in [0.4, 0.5) is 10.1 Å². The average molecular weight is 225 g/mol. The van der Waals surface area contributed by atoms with Gasteiger partial charge in [0.2, 0.25) is 11.9 Å². The molecule has 0 aliphatic rings. The molecule has 1 heterocycles. The topological polar surface area (TPSA) is 68.0 Å². The molecule has 4 nitrogen and oxygen atoms in total. The maximum absolute atomic E-state index is 12.5. The second kappa shape index (κ2) is 5.03. The third kappa shape index (κ3) is 4.84. The van der Waals surface area contributed by atoms with Crippen LogP contribution in [-0.4, -0.2) is 16.4 Å². The van der Waals surface area contributed by atoms with Crippen molar-refractivity contribution in [3.63, 3.8) is 0 Å². The Morgan fingerprint density at radius 3 is 2.75 bits per heavy atom. The van der Waals surface area contributed by atoms with E-state index >= 15 is 0 Å². The second-order valence-electron chi connectivity index (χ2n) is 4.41. The lowest BCUT2D eigenvalue weighted by molar-refractivity contribution is -0.116. The highest BCUT2D eigenvalue weighted by Crippen LogP contribution is 2.10. The van der Waals surface area contributed by atoms with E-state index in [-0.39, 0.29) is 11.4 Å². The van der Waals surface area contributed by atoms with E-state index in [4.69, 9.17) is 5.73 Å². The number of halogens is 1. The summed E-state index contributed by atoms with van der Waals surface area (Å²) in [4.78, 5) is 14.9. The van der Waals surface area contributed by atoms with Gasteiger partial charge in [-0.15, -0.1) is 0 Å². The van der Waals surface area contributed by atoms with Crippen LogP contribution in [0, 0.1) is 5.95 Å². The first-order valence-corrected chi connectivity index (χ1v) is 5.07. The Morgan fingerprint density at radius 2 is 2.25 bits per heavy atom. The molecule has 16 heavy (non-hydrogen) atoms. The number of nitrogens with two attached hydrogens (primary N) is 1. The molecule has 0 fully saturated rings. The molecule has 0 spiro atoms. The van der Waals surface area contributed by atoms with Crippen molar-refractivity contribution < 1.29 is 9.18 Å². The lowest BCUT2D eigenvalue weighted by Gasteiger charge is -2.17. The normalized spacial score (nSPS) is 11.2. The summed E-state index contributed by atoms with van der Waals surface area (Å²) < 4.78 is 12.5. The molecular weight excluding hydrogens is 209 g/mol. The molecule has 1 aromatic heterocycles. The molecule has 88 valence electrons. The summed E-state index contributed by atoms with van der Waals surface area (Å²) in [6, 6.07) is 2.66. The average Bonchev–Trinajstić information content (AvgIpc) is 2.18. The van der Waals surface area contributed by atoms with Gasteiger partial charge in [-0.1, -0.05) is 0 Å². The van der Waals surface area contributed by atoms with E-state index in [0.717, 1.165) is 0 Å². The molecule has 0 aliphatic carbocycles. The first-order chi connectivity index (χ1) is 7.37. The number of aromatic nitrogens is 1. The molecule has 1 rings (SSSR count). The molecule has 0 radical (unpaired) electrons. The van der Waals surface area contributed by atoms with E-state index in [1.54, 1.807) is 0 Å². The minimum atomic E-state index is -0.568. The van der Waals surface area contributed by atoms with Crippen LogP contribution in [0.15, 0.2) is 18.3 Å². The highest BCUT2D eigenvalue weighted by Gasteiger charge is 2.13. The van der Waals surface area contributed by atoms with Gasteiger partial charge in [0.25, 0.3) is 0 Å². The minimum absolute atomic E-state index is 0.146. The van der Waals surface area contributed by atoms with Gasteiger partial charge in [0.05, 0.1) is 11.9 Å².